The van der Waals surface area contributed by atoms with E-state index in [-0.39, 0.29) is 0 Å². The number of hydrogen-bond donors (Lipinski definition) is 0. The summed E-state index contributed by atoms with van der Waals surface area (Å²) < 4.78 is 17.7. The first-order valence-electron chi connectivity index (χ1n) is 17.9. The molecule has 0 aliphatic heterocycles. The molecule has 0 bridgehead atoms. The summed E-state index contributed by atoms with van der Waals surface area (Å²) in [5.74, 6) is 0. The predicted molar refractivity (Wildman–Crippen MR) is 224 cm³/mol. The van der Waals surface area contributed by atoms with Crippen LogP contribution in [0, 0.1) is 0 Å². The standard InChI is InChI=1S/C49H33N2OP/c52-53(38-21-9-3-10-22-38,39-23-11-4-12-24-39)40-25-15-18-35(32-40)36-28-31-46-44(33-36)41-29-30-43-47(49(41)51(46)37-19-7-2-8-20-37)42-26-13-14-27-45(42)50-48(43)34-16-5-1-6-17-34/h1-33H. The minimum Gasteiger partial charge on any atom is -0.309 e. The molecule has 0 N–H and O–H groups in total. The zero-order valence-corrected chi connectivity index (χ0v) is 29.7. The van der Waals surface area contributed by atoms with Crippen molar-refractivity contribution in [3.05, 3.63) is 200 Å². The van der Waals surface area contributed by atoms with E-state index in [0.717, 1.165) is 76.7 Å². The first-order chi connectivity index (χ1) is 26.2. The Morgan fingerprint density at radius 2 is 0.981 bits per heavy atom. The summed E-state index contributed by atoms with van der Waals surface area (Å²) in [5, 5.41) is 8.22. The van der Waals surface area contributed by atoms with Crippen molar-refractivity contribution in [3.8, 4) is 28.1 Å². The predicted octanol–water partition coefficient (Wildman–Crippen LogP) is 11.5. The molecule has 0 atom stereocenters. The third-order valence-electron chi connectivity index (χ3n) is 10.4. The summed E-state index contributed by atoms with van der Waals surface area (Å²) >= 11 is 0. The minimum absolute atomic E-state index is 0.817. The molecule has 0 amide bonds. The third kappa shape index (κ3) is 5.04. The molecule has 53 heavy (non-hydrogen) atoms. The van der Waals surface area contributed by atoms with Crippen LogP contribution in [0.25, 0.3) is 71.6 Å². The highest BCUT2D eigenvalue weighted by Crippen LogP contribution is 2.45. The van der Waals surface area contributed by atoms with Crippen molar-refractivity contribution in [3.63, 3.8) is 0 Å². The molecule has 0 aliphatic rings. The molecule has 2 heterocycles. The lowest BCUT2D eigenvalue weighted by molar-refractivity contribution is 0.592. The monoisotopic (exact) mass is 696 g/mol. The highest BCUT2D eigenvalue weighted by atomic mass is 31.2. The van der Waals surface area contributed by atoms with Gasteiger partial charge in [0.15, 0.2) is 7.14 Å². The van der Waals surface area contributed by atoms with Gasteiger partial charge in [-0.2, -0.15) is 0 Å². The van der Waals surface area contributed by atoms with Gasteiger partial charge in [-0.1, -0.05) is 164 Å². The zero-order chi connectivity index (χ0) is 35.4. The van der Waals surface area contributed by atoms with Crippen molar-refractivity contribution in [1.82, 2.24) is 9.55 Å². The summed E-state index contributed by atoms with van der Waals surface area (Å²) in [6.07, 6.45) is 0. The molecule has 0 fully saturated rings. The van der Waals surface area contributed by atoms with E-state index in [0.29, 0.717) is 0 Å². The van der Waals surface area contributed by atoms with Crippen LogP contribution in [-0.2, 0) is 4.57 Å². The fraction of sp³-hybridized carbons (Fsp3) is 0. The second-order valence-electron chi connectivity index (χ2n) is 13.5. The van der Waals surface area contributed by atoms with E-state index in [9.17, 15) is 0 Å². The summed E-state index contributed by atoms with van der Waals surface area (Å²) in [7, 11) is -3.14. The van der Waals surface area contributed by atoms with Gasteiger partial charge < -0.3 is 9.13 Å². The molecule has 0 aliphatic carbocycles. The Labute approximate surface area is 307 Å². The van der Waals surface area contributed by atoms with Gasteiger partial charge in [0.05, 0.1) is 22.2 Å². The lowest BCUT2D eigenvalue weighted by Gasteiger charge is -2.20. The van der Waals surface area contributed by atoms with E-state index in [1.54, 1.807) is 0 Å². The normalized spacial score (nSPS) is 11.8. The molecule has 0 radical (unpaired) electrons. The molecule has 0 spiro atoms. The fourth-order valence-electron chi connectivity index (χ4n) is 7.99. The van der Waals surface area contributed by atoms with Crippen LogP contribution in [-0.4, -0.2) is 9.55 Å². The van der Waals surface area contributed by atoms with Gasteiger partial charge in [-0.05, 0) is 47.5 Å². The summed E-state index contributed by atoms with van der Waals surface area (Å²) in [4.78, 5) is 5.23. The van der Waals surface area contributed by atoms with E-state index in [1.165, 1.54) is 10.8 Å². The van der Waals surface area contributed by atoms with E-state index >= 15 is 4.57 Å². The molecular formula is C49H33N2OP. The Balaban J connectivity index is 1.25. The van der Waals surface area contributed by atoms with Crippen LogP contribution < -0.4 is 15.9 Å². The van der Waals surface area contributed by atoms with Crippen LogP contribution in [0.15, 0.2) is 200 Å². The second kappa shape index (κ2) is 12.6. The molecule has 250 valence electrons. The smallest absolute Gasteiger partial charge is 0.171 e. The molecule has 10 aromatic rings. The number of hydrogen-bond acceptors (Lipinski definition) is 2. The number of para-hydroxylation sites is 2. The summed E-state index contributed by atoms with van der Waals surface area (Å²) in [6.45, 7) is 0. The molecule has 0 unspecified atom stereocenters. The van der Waals surface area contributed by atoms with Gasteiger partial charge in [-0.25, -0.2) is 4.98 Å². The average Bonchev–Trinajstić information content (AvgIpc) is 3.58. The van der Waals surface area contributed by atoms with Crippen LogP contribution in [0.1, 0.15) is 0 Å². The van der Waals surface area contributed by atoms with Crippen molar-refractivity contribution in [2.24, 2.45) is 0 Å². The Kier molecular flexibility index (Phi) is 7.42. The van der Waals surface area contributed by atoms with E-state index in [1.807, 2.05) is 78.9 Å². The van der Waals surface area contributed by atoms with Crippen molar-refractivity contribution in [2.45, 2.75) is 0 Å². The Hall–Kier alpha value is -6.54. The Morgan fingerprint density at radius 1 is 0.415 bits per heavy atom. The van der Waals surface area contributed by atoms with Crippen LogP contribution in [0.3, 0.4) is 0 Å². The summed E-state index contributed by atoms with van der Waals surface area (Å²) in [5.41, 5.74) is 8.52. The molecule has 2 aromatic heterocycles. The van der Waals surface area contributed by atoms with Crippen molar-refractivity contribution in [2.75, 3.05) is 0 Å². The van der Waals surface area contributed by atoms with E-state index in [2.05, 4.69) is 126 Å². The maximum atomic E-state index is 15.3. The number of nitrogens with zero attached hydrogens (tertiary/aromatic N) is 2. The highest BCUT2D eigenvalue weighted by Gasteiger charge is 2.30. The Bertz CT molecular complexity index is 2970. The zero-order valence-electron chi connectivity index (χ0n) is 28.8. The van der Waals surface area contributed by atoms with Gasteiger partial charge >= 0.3 is 0 Å². The van der Waals surface area contributed by atoms with Crippen molar-refractivity contribution < 1.29 is 4.57 Å². The van der Waals surface area contributed by atoms with Gasteiger partial charge in [-0.15, -0.1) is 0 Å². The van der Waals surface area contributed by atoms with Gasteiger partial charge in [-0.3, -0.25) is 0 Å². The molecule has 0 saturated heterocycles. The van der Waals surface area contributed by atoms with Crippen LogP contribution >= 0.6 is 7.14 Å². The van der Waals surface area contributed by atoms with Gasteiger partial charge in [0, 0.05) is 54.1 Å². The molecule has 0 saturated carbocycles. The quantitative estimate of drug-likeness (QED) is 0.128. The van der Waals surface area contributed by atoms with Crippen LogP contribution in [0.4, 0.5) is 0 Å². The van der Waals surface area contributed by atoms with Crippen LogP contribution in [0.5, 0.6) is 0 Å². The number of benzene rings is 8. The van der Waals surface area contributed by atoms with Gasteiger partial charge in [0.1, 0.15) is 0 Å². The van der Waals surface area contributed by atoms with E-state index < -0.39 is 7.14 Å². The topological polar surface area (TPSA) is 34.9 Å². The Morgan fingerprint density at radius 3 is 1.70 bits per heavy atom. The maximum absolute atomic E-state index is 15.3. The largest absolute Gasteiger partial charge is 0.309 e. The van der Waals surface area contributed by atoms with Gasteiger partial charge in [0.2, 0.25) is 0 Å². The van der Waals surface area contributed by atoms with Crippen molar-refractivity contribution >= 4 is 66.5 Å². The molecule has 3 nitrogen and oxygen atoms in total. The first-order valence-corrected chi connectivity index (χ1v) is 19.6. The number of fused-ring (bicyclic) bond motifs is 7. The number of pyridine rings is 1. The average molecular weight is 697 g/mol. The number of rotatable bonds is 6. The van der Waals surface area contributed by atoms with Crippen molar-refractivity contribution in [1.29, 1.82) is 0 Å². The van der Waals surface area contributed by atoms with E-state index in [4.69, 9.17) is 4.98 Å². The molecule has 4 heteroatoms. The maximum Gasteiger partial charge on any atom is 0.171 e. The third-order valence-corrected chi connectivity index (χ3v) is 13.5. The lowest BCUT2D eigenvalue weighted by atomic mass is 9.97. The SMILES string of the molecule is O=P(c1ccccc1)(c1ccccc1)c1cccc(-c2ccc3c(c2)c2ccc4c(-c5ccccc5)nc5ccccc5c4c2n3-c2ccccc2)c1. The second-order valence-corrected chi connectivity index (χ2v) is 16.2. The number of aromatic nitrogens is 2. The van der Waals surface area contributed by atoms with Gasteiger partial charge in [0.25, 0.3) is 0 Å². The summed E-state index contributed by atoms with van der Waals surface area (Å²) in [6, 6.07) is 68.9. The first kappa shape index (κ1) is 31.2. The lowest BCUT2D eigenvalue weighted by Crippen LogP contribution is -2.25. The minimum atomic E-state index is -3.14. The fourth-order valence-corrected chi connectivity index (χ4v) is 10.7. The highest BCUT2D eigenvalue weighted by molar-refractivity contribution is 7.85. The molecular weight excluding hydrogens is 664 g/mol. The molecule has 8 aromatic carbocycles. The molecule has 10 rings (SSSR count). The van der Waals surface area contributed by atoms with Crippen LogP contribution in [0.2, 0.25) is 0 Å².